The molecule has 0 amide bonds. The van der Waals surface area contributed by atoms with Gasteiger partial charge in [0.25, 0.3) is 0 Å². The summed E-state index contributed by atoms with van der Waals surface area (Å²) < 4.78 is 0. The third-order valence-electron chi connectivity index (χ3n) is 2.04. The van der Waals surface area contributed by atoms with Crippen molar-refractivity contribution in [3.8, 4) is 0 Å². The molecule has 0 bridgehead atoms. The molecule has 0 fully saturated rings. The predicted octanol–water partition coefficient (Wildman–Crippen LogP) is 0.739. The first-order valence-electron chi connectivity index (χ1n) is 3.79. The molecule has 2 aliphatic rings. The highest BCUT2D eigenvalue weighted by molar-refractivity contribution is 5.23. The van der Waals surface area contributed by atoms with Crippen molar-refractivity contribution in [1.82, 2.24) is 10.6 Å². The number of nitrogens with one attached hydrogen (secondary N) is 2. The fourth-order valence-electron chi connectivity index (χ4n) is 1.47. The maximum Gasteiger partial charge on any atom is 0.0655 e. The minimum Gasteiger partial charge on any atom is -0.378 e. The second kappa shape index (κ2) is 2.46. The summed E-state index contributed by atoms with van der Waals surface area (Å²) in [5, 5.41) is 6.53. The van der Waals surface area contributed by atoms with E-state index in [4.69, 9.17) is 0 Å². The van der Waals surface area contributed by atoms with Gasteiger partial charge in [0.05, 0.1) is 6.67 Å². The lowest BCUT2D eigenvalue weighted by molar-refractivity contribution is 0.554. The van der Waals surface area contributed by atoms with Crippen molar-refractivity contribution in [2.24, 2.45) is 0 Å². The van der Waals surface area contributed by atoms with E-state index >= 15 is 0 Å². The topological polar surface area (TPSA) is 24.1 Å². The predicted molar refractivity (Wildman–Crippen MR) is 41.4 cm³/mol. The van der Waals surface area contributed by atoms with Crippen LogP contribution in [0, 0.1) is 0 Å². The van der Waals surface area contributed by atoms with E-state index in [1.807, 2.05) is 0 Å². The van der Waals surface area contributed by atoms with Gasteiger partial charge in [-0.15, -0.1) is 0 Å². The Bertz CT molecular complexity index is 182. The summed E-state index contributed by atoms with van der Waals surface area (Å²) in [6, 6.07) is 0.523. The van der Waals surface area contributed by atoms with E-state index < -0.39 is 0 Å². The Morgan fingerprint density at radius 1 is 1.50 bits per heavy atom. The first-order chi connectivity index (χ1) is 4.97. The molecule has 54 valence electrons. The molecule has 0 saturated heterocycles. The molecule has 1 unspecified atom stereocenters. The van der Waals surface area contributed by atoms with Crippen LogP contribution in [-0.4, -0.2) is 12.7 Å². The van der Waals surface area contributed by atoms with Gasteiger partial charge in [-0.2, -0.15) is 0 Å². The lowest BCUT2D eigenvalue weighted by Crippen LogP contribution is -2.41. The summed E-state index contributed by atoms with van der Waals surface area (Å²) in [5.41, 5.74) is 1.49. The zero-order valence-corrected chi connectivity index (χ0v) is 5.93. The molecule has 1 atom stereocenters. The van der Waals surface area contributed by atoms with Crippen LogP contribution in [0.15, 0.2) is 23.9 Å². The molecule has 2 heteroatoms. The second-order valence-corrected chi connectivity index (χ2v) is 2.75. The van der Waals surface area contributed by atoms with Crippen molar-refractivity contribution in [2.45, 2.75) is 18.9 Å². The van der Waals surface area contributed by atoms with Crippen LogP contribution in [0.4, 0.5) is 0 Å². The average Bonchev–Trinajstić information content (AvgIpc) is 2.05. The van der Waals surface area contributed by atoms with Crippen molar-refractivity contribution < 1.29 is 0 Å². The number of hydrogen-bond donors (Lipinski definition) is 2. The van der Waals surface area contributed by atoms with Gasteiger partial charge in [0.2, 0.25) is 0 Å². The number of rotatable bonds is 0. The standard InChI is InChI=1S/C8H12N2/c1-2-4-8-7(3-1)5-9-6-10-8/h2,4-5,8-10H,1,3,6H2. The van der Waals surface area contributed by atoms with Gasteiger partial charge in [-0.05, 0) is 24.6 Å². The van der Waals surface area contributed by atoms with Gasteiger partial charge in [-0.1, -0.05) is 12.2 Å². The molecule has 2 nitrogen and oxygen atoms in total. The summed E-state index contributed by atoms with van der Waals surface area (Å²) in [5.74, 6) is 0. The molecule has 2 rings (SSSR count). The quantitative estimate of drug-likeness (QED) is 0.480. The third kappa shape index (κ3) is 0.948. The first-order valence-corrected chi connectivity index (χ1v) is 3.79. The van der Waals surface area contributed by atoms with Crippen LogP contribution in [0.5, 0.6) is 0 Å². The van der Waals surface area contributed by atoms with Gasteiger partial charge in [-0.3, -0.25) is 5.32 Å². The maximum absolute atomic E-state index is 3.35. The highest BCUT2D eigenvalue weighted by Gasteiger charge is 2.15. The summed E-state index contributed by atoms with van der Waals surface area (Å²) >= 11 is 0. The van der Waals surface area contributed by atoms with Gasteiger partial charge < -0.3 is 5.32 Å². The number of hydrogen-bond acceptors (Lipinski definition) is 2. The minimum absolute atomic E-state index is 0.523. The smallest absolute Gasteiger partial charge is 0.0655 e. The zero-order chi connectivity index (χ0) is 6.81. The molecule has 2 N–H and O–H groups in total. The molecule has 10 heavy (non-hydrogen) atoms. The molecule has 0 radical (unpaired) electrons. The van der Waals surface area contributed by atoms with E-state index in [1.54, 1.807) is 0 Å². The number of fused-ring (bicyclic) bond motifs is 1. The normalized spacial score (nSPS) is 30.4. The van der Waals surface area contributed by atoms with Crippen LogP contribution in [-0.2, 0) is 0 Å². The monoisotopic (exact) mass is 136 g/mol. The molecule has 0 saturated carbocycles. The van der Waals surface area contributed by atoms with Gasteiger partial charge in [0.15, 0.2) is 0 Å². The molecule has 0 aromatic carbocycles. The van der Waals surface area contributed by atoms with E-state index in [2.05, 4.69) is 29.0 Å². The Labute approximate surface area is 61.0 Å². The molecule has 1 aliphatic heterocycles. The summed E-state index contributed by atoms with van der Waals surface area (Å²) in [6.45, 7) is 0.901. The van der Waals surface area contributed by atoms with Gasteiger partial charge in [0.1, 0.15) is 0 Å². The van der Waals surface area contributed by atoms with E-state index in [-0.39, 0.29) is 0 Å². The highest BCUT2D eigenvalue weighted by Crippen LogP contribution is 2.18. The van der Waals surface area contributed by atoms with Crippen LogP contribution in [0.3, 0.4) is 0 Å². The molecule has 0 aromatic heterocycles. The van der Waals surface area contributed by atoms with Crippen molar-refractivity contribution in [1.29, 1.82) is 0 Å². The third-order valence-corrected chi connectivity index (χ3v) is 2.04. The Balaban J connectivity index is 2.20. The second-order valence-electron chi connectivity index (χ2n) is 2.75. The summed E-state index contributed by atoms with van der Waals surface area (Å²) in [6.07, 6.45) is 9.05. The Hall–Kier alpha value is -0.760. The fourth-order valence-corrected chi connectivity index (χ4v) is 1.47. The molecule has 1 heterocycles. The van der Waals surface area contributed by atoms with E-state index in [9.17, 15) is 0 Å². The Morgan fingerprint density at radius 2 is 2.50 bits per heavy atom. The maximum atomic E-state index is 3.35. The van der Waals surface area contributed by atoms with Crippen LogP contribution < -0.4 is 10.6 Å². The number of allylic oxidation sites excluding steroid dienone is 1. The van der Waals surface area contributed by atoms with Crippen LogP contribution >= 0.6 is 0 Å². The molecular formula is C8H12N2. The lowest BCUT2D eigenvalue weighted by atomic mass is 9.96. The molecule has 0 aromatic rings. The lowest BCUT2D eigenvalue weighted by Gasteiger charge is -2.26. The Morgan fingerprint density at radius 3 is 3.40 bits per heavy atom. The first kappa shape index (κ1) is 5.98. The van der Waals surface area contributed by atoms with E-state index in [0.29, 0.717) is 6.04 Å². The van der Waals surface area contributed by atoms with Crippen LogP contribution in [0.1, 0.15) is 12.8 Å². The summed E-state index contributed by atoms with van der Waals surface area (Å²) in [4.78, 5) is 0. The van der Waals surface area contributed by atoms with E-state index in [1.165, 1.54) is 18.4 Å². The summed E-state index contributed by atoms with van der Waals surface area (Å²) in [7, 11) is 0. The molecule has 1 aliphatic carbocycles. The highest BCUT2D eigenvalue weighted by atomic mass is 15.1. The minimum atomic E-state index is 0.523. The molecular weight excluding hydrogens is 124 g/mol. The van der Waals surface area contributed by atoms with Gasteiger partial charge >= 0.3 is 0 Å². The van der Waals surface area contributed by atoms with Crippen molar-refractivity contribution in [3.05, 3.63) is 23.9 Å². The SMILES string of the molecule is C1=CC2NCNC=C2CC1. The molecule has 0 spiro atoms. The fraction of sp³-hybridized carbons (Fsp3) is 0.500. The van der Waals surface area contributed by atoms with Crippen molar-refractivity contribution in [3.63, 3.8) is 0 Å². The van der Waals surface area contributed by atoms with Gasteiger partial charge in [-0.25, -0.2) is 0 Å². The van der Waals surface area contributed by atoms with E-state index in [0.717, 1.165) is 6.67 Å². The largest absolute Gasteiger partial charge is 0.378 e. The average molecular weight is 136 g/mol. The van der Waals surface area contributed by atoms with Crippen LogP contribution in [0.2, 0.25) is 0 Å². The Kier molecular flexibility index (Phi) is 1.47. The van der Waals surface area contributed by atoms with Crippen molar-refractivity contribution in [2.75, 3.05) is 6.67 Å². The van der Waals surface area contributed by atoms with Crippen molar-refractivity contribution >= 4 is 0 Å². The van der Waals surface area contributed by atoms with Gasteiger partial charge in [0, 0.05) is 6.04 Å². The van der Waals surface area contributed by atoms with Crippen LogP contribution in [0.25, 0.3) is 0 Å². The zero-order valence-electron chi connectivity index (χ0n) is 5.93.